The molecule has 6 heteroatoms. The first-order chi connectivity index (χ1) is 11.4. The molecular formula is C18H12Cl2N2O2. The predicted octanol–water partition coefficient (Wildman–Crippen LogP) is 3.19. The predicted molar refractivity (Wildman–Crippen MR) is 89.2 cm³/mol. The van der Waals surface area contributed by atoms with E-state index in [0.717, 1.165) is 0 Å². The molecule has 1 saturated heterocycles. The van der Waals surface area contributed by atoms with Crippen molar-refractivity contribution in [1.29, 1.82) is 5.26 Å². The third-order valence-corrected chi connectivity index (χ3v) is 5.59. The van der Waals surface area contributed by atoms with Gasteiger partial charge in [-0.1, -0.05) is 59.6 Å². The summed E-state index contributed by atoms with van der Waals surface area (Å²) in [6, 6.07) is 15.9. The monoisotopic (exact) mass is 358 g/mol. The first kappa shape index (κ1) is 15.5. The number of piperidine rings is 1. The summed E-state index contributed by atoms with van der Waals surface area (Å²) in [5.74, 6) is -1.56. The van der Waals surface area contributed by atoms with Crippen molar-refractivity contribution in [2.45, 2.75) is 11.6 Å². The first-order valence-corrected chi connectivity index (χ1v) is 8.17. The highest BCUT2D eigenvalue weighted by molar-refractivity contribution is 6.35. The summed E-state index contributed by atoms with van der Waals surface area (Å²) in [4.78, 5) is 12.6. The average molecular weight is 359 g/mol. The Balaban J connectivity index is 1.85. The molecule has 0 bridgehead atoms. The van der Waals surface area contributed by atoms with Gasteiger partial charge >= 0.3 is 0 Å². The minimum Gasteiger partial charge on any atom is -0.366 e. The van der Waals surface area contributed by atoms with Crippen molar-refractivity contribution in [2.24, 2.45) is 11.3 Å². The highest BCUT2D eigenvalue weighted by Gasteiger charge is 2.83. The fraction of sp³-hybridized carbons (Fsp3) is 0.222. The molecule has 1 saturated carbocycles. The Bertz CT molecular complexity index is 896. The lowest BCUT2D eigenvalue weighted by Crippen LogP contribution is -2.44. The summed E-state index contributed by atoms with van der Waals surface area (Å²) < 4.78 is 0. The number of nitriles is 1. The van der Waals surface area contributed by atoms with Crippen molar-refractivity contribution in [3.63, 3.8) is 0 Å². The van der Waals surface area contributed by atoms with Crippen LogP contribution in [0.5, 0.6) is 0 Å². The Morgan fingerprint density at radius 2 is 1.88 bits per heavy atom. The van der Waals surface area contributed by atoms with E-state index in [0.29, 0.717) is 21.2 Å². The maximum Gasteiger partial charge on any atom is 0.244 e. The van der Waals surface area contributed by atoms with Gasteiger partial charge in [-0.05, 0) is 17.7 Å². The highest BCUT2D eigenvalue weighted by atomic mass is 35.5. The van der Waals surface area contributed by atoms with Crippen LogP contribution < -0.4 is 5.32 Å². The molecule has 1 aliphatic carbocycles. The summed E-state index contributed by atoms with van der Waals surface area (Å²) in [6.07, 6.45) is 0. The zero-order valence-corrected chi connectivity index (χ0v) is 13.8. The lowest BCUT2D eigenvalue weighted by atomic mass is 9.95. The van der Waals surface area contributed by atoms with Crippen molar-refractivity contribution >= 4 is 29.1 Å². The zero-order valence-electron chi connectivity index (χ0n) is 12.3. The van der Waals surface area contributed by atoms with Crippen molar-refractivity contribution in [1.82, 2.24) is 5.32 Å². The van der Waals surface area contributed by atoms with Crippen LogP contribution in [0, 0.1) is 22.7 Å². The minimum absolute atomic E-state index is 0.389. The quantitative estimate of drug-likeness (QED) is 0.865. The van der Waals surface area contributed by atoms with Gasteiger partial charge in [0.25, 0.3) is 0 Å². The molecule has 2 aliphatic rings. The SMILES string of the molecule is N#C[C@@]12C(=O)N[C@](O)(c3ccccc3)[C@@H]1[C@H]2c1ccc(Cl)cc1Cl. The van der Waals surface area contributed by atoms with Gasteiger partial charge in [-0.25, -0.2) is 0 Å². The summed E-state index contributed by atoms with van der Waals surface area (Å²) >= 11 is 12.2. The van der Waals surface area contributed by atoms with E-state index < -0.39 is 28.9 Å². The van der Waals surface area contributed by atoms with Crippen LogP contribution in [0.2, 0.25) is 10.0 Å². The molecular weight excluding hydrogens is 347 g/mol. The van der Waals surface area contributed by atoms with Crippen molar-refractivity contribution in [3.8, 4) is 6.07 Å². The molecule has 1 heterocycles. The van der Waals surface area contributed by atoms with E-state index in [4.69, 9.17) is 23.2 Å². The Hall–Kier alpha value is -2.06. The van der Waals surface area contributed by atoms with Crippen molar-refractivity contribution in [3.05, 3.63) is 69.7 Å². The fourth-order valence-corrected chi connectivity index (χ4v) is 4.43. The molecule has 0 unspecified atom stereocenters. The topological polar surface area (TPSA) is 73.1 Å². The molecule has 2 aromatic rings. The second kappa shape index (κ2) is 4.97. The number of amides is 1. The number of hydrogen-bond acceptors (Lipinski definition) is 3. The Kier molecular flexibility index (Phi) is 3.20. The molecule has 2 aromatic carbocycles. The Morgan fingerprint density at radius 1 is 1.17 bits per heavy atom. The number of nitrogens with zero attached hydrogens (tertiary/aromatic N) is 1. The van der Waals surface area contributed by atoms with Crippen molar-refractivity contribution < 1.29 is 9.90 Å². The summed E-state index contributed by atoms with van der Waals surface area (Å²) in [7, 11) is 0. The molecule has 4 nitrogen and oxygen atoms in total. The fourth-order valence-electron chi connectivity index (χ4n) is 3.91. The van der Waals surface area contributed by atoms with Gasteiger partial charge in [-0.3, -0.25) is 4.79 Å². The second-order valence-electron chi connectivity index (χ2n) is 6.19. The first-order valence-electron chi connectivity index (χ1n) is 7.42. The van der Waals surface area contributed by atoms with Gasteiger partial charge in [0.15, 0.2) is 11.1 Å². The minimum atomic E-state index is -1.60. The number of halogens is 2. The molecule has 0 radical (unpaired) electrons. The third-order valence-electron chi connectivity index (χ3n) is 5.03. The van der Waals surface area contributed by atoms with Gasteiger partial charge in [0.05, 0.1) is 6.07 Å². The molecule has 1 aliphatic heterocycles. The van der Waals surface area contributed by atoms with Crippen LogP contribution in [0.25, 0.3) is 0 Å². The highest BCUT2D eigenvalue weighted by Crippen LogP contribution is 2.74. The van der Waals surface area contributed by atoms with Crippen LogP contribution in [0.1, 0.15) is 17.0 Å². The van der Waals surface area contributed by atoms with Crippen LogP contribution in [0.3, 0.4) is 0 Å². The van der Waals surface area contributed by atoms with Gasteiger partial charge in [-0.2, -0.15) is 5.26 Å². The van der Waals surface area contributed by atoms with Gasteiger partial charge in [0, 0.05) is 27.4 Å². The summed E-state index contributed by atoms with van der Waals surface area (Å²) in [5, 5.41) is 24.3. The number of nitrogens with one attached hydrogen (secondary N) is 1. The van der Waals surface area contributed by atoms with Crippen LogP contribution in [-0.2, 0) is 10.5 Å². The second-order valence-corrected chi connectivity index (χ2v) is 7.03. The summed E-state index contributed by atoms with van der Waals surface area (Å²) in [6.45, 7) is 0. The zero-order chi connectivity index (χ0) is 17.1. The number of benzene rings is 2. The van der Waals surface area contributed by atoms with Crippen LogP contribution in [-0.4, -0.2) is 11.0 Å². The molecule has 1 amide bonds. The van der Waals surface area contributed by atoms with E-state index in [1.807, 2.05) is 6.07 Å². The van der Waals surface area contributed by atoms with Crippen molar-refractivity contribution in [2.75, 3.05) is 0 Å². The molecule has 0 spiro atoms. The van der Waals surface area contributed by atoms with E-state index in [2.05, 4.69) is 11.4 Å². The smallest absolute Gasteiger partial charge is 0.244 e. The number of carbonyl (C=O) groups is 1. The van der Waals surface area contributed by atoms with E-state index in [-0.39, 0.29) is 0 Å². The lowest BCUT2D eigenvalue weighted by molar-refractivity contribution is -0.127. The number of hydrogen-bond donors (Lipinski definition) is 2. The molecule has 2 N–H and O–H groups in total. The molecule has 24 heavy (non-hydrogen) atoms. The van der Waals surface area contributed by atoms with Gasteiger partial charge < -0.3 is 10.4 Å². The van der Waals surface area contributed by atoms with E-state index in [1.54, 1.807) is 42.5 Å². The van der Waals surface area contributed by atoms with Crippen LogP contribution >= 0.6 is 23.2 Å². The Labute approximate surface area is 148 Å². The molecule has 2 fully saturated rings. The number of carbonyl (C=O) groups excluding carboxylic acids is 1. The van der Waals surface area contributed by atoms with Gasteiger partial charge in [0.1, 0.15) is 0 Å². The molecule has 0 aromatic heterocycles. The lowest BCUT2D eigenvalue weighted by Gasteiger charge is -2.27. The normalized spacial score (nSPS) is 33.5. The number of aliphatic hydroxyl groups is 1. The maximum atomic E-state index is 12.6. The Morgan fingerprint density at radius 3 is 2.50 bits per heavy atom. The molecule has 120 valence electrons. The van der Waals surface area contributed by atoms with E-state index in [9.17, 15) is 15.2 Å². The number of rotatable bonds is 2. The standard InChI is InChI=1S/C18H12Cl2N2O2/c19-11-6-7-12(13(20)8-11)14-15-17(14,9-21)16(23)22-18(15,24)10-4-2-1-3-5-10/h1-8,14-15,24H,(H,22,23)/t14-,15-,17+,18+/m1/s1. The van der Waals surface area contributed by atoms with Crippen LogP contribution in [0.4, 0.5) is 0 Å². The van der Waals surface area contributed by atoms with E-state index >= 15 is 0 Å². The molecule has 4 rings (SSSR count). The largest absolute Gasteiger partial charge is 0.366 e. The van der Waals surface area contributed by atoms with Crippen LogP contribution in [0.15, 0.2) is 48.5 Å². The average Bonchev–Trinajstić information content (AvgIpc) is 3.20. The summed E-state index contributed by atoms with van der Waals surface area (Å²) in [5.41, 5.74) is -1.71. The van der Waals surface area contributed by atoms with Gasteiger partial charge in [0.2, 0.25) is 5.91 Å². The number of fused-ring (bicyclic) bond motifs is 1. The van der Waals surface area contributed by atoms with E-state index in [1.165, 1.54) is 0 Å². The van der Waals surface area contributed by atoms with Gasteiger partial charge in [-0.15, -0.1) is 0 Å². The third kappa shape index (κ3) is 1.81. The maximum absolute atomic E-state index is 12.6. The molecule has 4 atom stereocenters.